The summed E-state index contributed by atoms with van der Waals surface area (Å²) in [6.07, 6.45) is 0.223. The molecule has 3 aromatic rings. The molecule has 1 aliphatic heterocycles. The monoisotopic (exact) mass is 472 g/mol. The molecular formula is C24H23F3N4O3. The van der Waals surface area contributed by atoms with Crippen LogP contribution in [0.25, 0.3) is 0 Å². The quantitative estimate of drug-likeness (QED) is 0.434. The Morgan fingerprint density at radius 2 is 1.65 bits per heavy atom. The number of aromatic nitrogens is 1. The molecule has 1 fully saturated rings. The molecule has 1 saturated heterocycles. The van der Waals surface area contributed by atoms with Crippen molar-refractivity contribution in [2.45, 2.75) is 25.6 Å². The number of anilines is 3. The fourth-order valence-corrected chi connectivity index (χ4v) is 3.64. The molecule has 0 unspecified atom stereocenters. The third-order valence-corrected chi connectivity index (χ3v) is 5.13. The van der Waals surface area contributed by atoms with E-state index in [9.17, 15) is 18.0 Å². The lowest BCUT2D eigenvalue weighted by Crippen LogP contribution is -2.29. The van der Waals surface area contributed by atoms with Gasteiger partial charge in [0.2, 0.25) is 5.88 Å². The van der Waals surface area contributed by atoms with E-state index in [0.717, 1.165) is 43.8 Å². The number of amides is 2. The zero-order chi connectivity index (χ0) is 24.0. The zero-order valence-electron chi connectivity index (χ0n) is 18.1. The highest BCUT2D eigenvalue weighted by molar-refractivity contribution is 6.00. The molecule has 2 heterocycles. The summed E-state index contributed by atoms with van der Waals surface area (Å²) in [4.78, 5) is 19.0. The number of hydrogen-bond donors (Lipinski definition) is 2. The van der Waals surface area contributed by atoms with Gasteiger partial charge < -0.3 is 25.0 Å². The predicted molar refractivity (Wildman–Crippen MR) is 123 cm³/mol. The number of nitrogens with one attached hydrogen (secondary N) is 2. The van der Waals surface area contributed by atoms with E-state index in [1.165, 1.54) is 18.6 Å². The molecule has 10 heteroatoms. The van der Waals surface area contributed by atoms with Gasteiger partial charge in [-0.05, 0) is 67.8 Å². The molecule has 1 aliphatic rings. The van der Waals surface area contributed by atoms with Crippen LogP contribution in [-0.2, 0) is 0 Å². The number of hydrogen-bond acceptors (Lipinski definition) is 5. The lowest BCUT2D eigenvalue weighted by Gasteiger charge is -2.30. The molecule has 7 nitrogen and oxygen atoms in total. The highest BCUT2D eigenvalue weighted by Crippen LogP contribution is 2.35. The maximum absolute atomic E-state index is 12.5. The van der Waals surface area contributed by atoms with Crippen LogP contribution in [0.15, 0.2) is 66.9 Å². The average molecular weight is 472 g/mol. The van der Waals surface area contributed by atoms with E-state index in [4.69, 9.17) is 4.74 Å². The Morgan fingerprint density at radius 1 is 0.912 bits per heavy atom. The molecule has 2 amide bonds. The third kappa shape index (κ3) is 6.31. The first-order chi connectivity index (χ1) is 16.4. The van der Waals surface area contributed by atoms with E-state index < -0.39 is 12.4 Å². The van der Waals surface area contributed by atoms with Crippen LogP contribution >= 0.6 is 0 Å². The van der Waals surface area contributed by atoms with Gasteiger partial charge in [-0.3, -0.25) is 0 Å². The van der Waals surface area contributed by atoms with Gasteiger partial charge in [-0.1, -0.05) is 12.1 Å². The number of pyridine rings is 1. The van der Waals surface area contributed by atoms with Crippen LogP contribution in [0.5, 0.6) is 17.4 Å². The number of carbonyl (C=O) groups excluding carboxylic acids is 1. The van der Waals surface area contributed by atoms with Gasteiger partial charge in [-0.25, -0.2) is 9.78 Å². The summed E-state index contributed by atoms with van der Waals surface area (Å²) in [5.41, 5.74) is 1.59. The molecule has 0 spiro atoms. The Labute approximate surface area is 194 Å². The van der Waals surface area contributed by atoms with Gasteiger partial charge in [0, 0.05) is 25.0 Å². The number of halogens is 3. The van der Waals surface area contributed by atoms with Crippen molar-refractivity contribution < 1.29 is 27.4 Å². The molecule has 1 aromatic heterocycles. The molecule has 34 heavy (non-hydrogen) atoms. The van der Waals surface area contributed by atoms with Crippen LogP contribution in [0.2, 0.25) is 0 Å². The van der Waals surface area contributed by atoms with E-state index in [-0.39, 0.29) is 17.3 Å². The second kappa shape index (κ2) is 10.3. The second-order valence-corrected chi connectivity index (χ2v) is 7.62. The minimum Gasteiger partial charge on any atom is -0.435 e. The van der Waals surface area contributed by atoms with Gasteiger partial charge in [0.05, 0.1) is 5.69 Å². The Morgan fingerprint density at radius 3 is 2.38 bits per heavy atom. The predicted octanol–water partition coefficient (Wildman–Crippen LogP) is 6.41. The number of carbonyl (C=O) groups is 1. The Bertz CT molecular complexity index is 1120. The van der Waals surface area contributed by atoms with Crippen LogP contribution in [0.3, 0.4) is 0 Å². The molecule has 0 bridgehead atoms. The molecule has 0 atom stereocenters. The third-order valence-electron chi connectivity index (χ3n) is 5.13. The SMILES string of the molecule is O=C(Nc1ccc(OC(F)(F)F)cc1)Nc1cccnc1Oc1ccccc1N1CCCCC1. The first-order valence-corrected chi connectivity index (χ1v) is 10.8. The normalized spacial score (nSPS) is 13.8. The first kappa shape index (κ1) is 23.2. The van der Waals surface area contributed by atoms with Crippen molar-refractivity contribution in [3.63, 3.8) is 0 Å². The van der Waals surface area contributed by atoms with Crippen LogP contribution < -0.4 is 25.0 Å². The fourth-order valence-electron chi connectivity index (χ4n) is 3.64. The highest BCUT2D eigenvalue weighted by Gasteiger charge is 2.31. The molecule has 0 aliphatic carbocycles. The summed E-state index contributed by atoms with van der Waals surface area (Å²) < 4.78 is 46.8. The van der Waals surface area contributed by atoms with Gasteiger partial charge >= 0.3 is 12.4 Å². The summed E-state index contributed by atoms with van der Waals surface area (Å²) in [5, 5.41) is 5.22. The summed E-state index contributed by atoms with van der Waals surface area (Å²) in [5.74, 6) is 0.469. The largest absolute Gasteiger partial charge is 0.573 e. The standard InChI is InChI=1S/C24H23F3N4O3/c25-24(26,27)34-18-12-10-17(11-13-18)29-23(32)30-19-7-6-14-28-22(19)33-21-9-3-2-8-20(21)31-15-4-1-5-16-31/h2-3,6-14H,1,4-5,15-16H2,(H2,29,30,32). The van der Waals surface area contributed by atoms with E-state index in [0.29, 0.717) is 11.4 Å². The van der Waals surface area contributed by atoms with Gasteiger partial charge in [0.25, 0.3) is 0 Å². The van der Waals surface area contributed by atoms with Crippen molar-refractivity contribution in [3.05, 3.63) is 66.9 Å². The maximum atomic E-state index is 12.5. The van der Waals surface area contributed by atoms with E-state index >= 15 is 0 Å². The van der Waals surface area contributed by atoms with Crippen molar-refractivity contribution in [1.29, 1.82) is 0 Å². The molecule has 0 saturated carbocycles. The van der Waals surface area contributed by atoms with Crippen molar-refractivity contribution in [1.82, 2.24) is 4.98 Å². The molecule has 2 aromatic carbocycles. The Kier molecular flexibility index (Phi) is 7.05. The van der Waals surface area contributed by atoms with Crippen molar-refractivity contribution >= 4 is 23.1 Å². The Hall–Kier alpha value is -3.95. The van der Waals surface area contributed by atoms with E-state index in [1.807, 2.05) is 24.3 Å². The molecule has 2 N–H and O–H groups in total. The molecule has 4 rings (SSSR count). The first-order valence-electron chi connectivity index (χ1n) is 10.8. The number of rotatable bonds is 6. The number of nitrogens with zero attached hydrogens (tertiary/aromatic N) is 2. The number of urea groups is 1. The number of benzene rings is 2. The van der Waals surface area contributed by atoms with Crippen LogP contribution in [-0.4, -0.2) is 30.5 Å². The van der Waals surface area contributed by atoms with E-state index in [1.54, 1.807) is 18.3 Å². The summed E-state index contributed by atoms with van der Waals surface area (Å²) in [7, 11) is 0. The number of para-hydroxylation sites is 2. The number of ether oxygens (including phenoxy) is 2. The van der Waals surface area contributed by atoms with E-state index in [2.05, 4.69) is 25.3 Å². The minimum atomic E-state index is -4.78. The van der Waals surface area contributed by atoms with Crippen molar-refractivity contribution in [3.8, 4) is 17.4 Å². The van der Waals surface area contributed by atoms with Crippen molar-refractivity contribution in [2.24, 2.45) is 0 Å². The fraction of sp³-hybridized carbons (Fsp3) is 0.250. The molecular weight excluding hydrogens is 449 g/mol. The van der Waals surface area contributed by atoms with Gasteiger partial charge in [-0.15, -0.1) is 13.2 Å². The molecule has 178 valence electrons. The average Bonchev–Trinajstić information content (AvgIpc) is 2.82. The Balaban J connectivity index is 1.44. The number of alkyl halides is 3. The summed E-state index contributed by atoms with van der Waals surface area (Å²) in [6, 6.07) is 15.2. The van der Waals surface area contributed by atoms with Gasteiger partial charge in [-0.2, -0.15) is 0 Å². The summed E-state index contributed by atoms with van der Waals surface area (Å²) >= 11 is 0. The van der Waals surface area contributed by atoms with Crippen LogP contribution in [0.1, 0.15) is 19.3 Å². The van der Waals surface area contributed by atoms with Crippen molar-refractivity contribution in [2.75, 3.05) is 28.6 Å². The van der Waals surface area contributed by atoms with Crippen LogP contribution in [0.4, 0.5) is 35.0 Å². The minimum absolute atomic E-state index is 0.219. The van der Waals surface area contributed by atoms with Gasteiger partial charge in [0.15, 0.2) is 5.75 Å². The lowest BCUT2D eigenvalue weighted by molar-refractivity contribution is -0.274. The second-order valence-electron chi connectivity index (χ2n) is 7.62. The number of piperidine rings is 1. The zero-order valence-corrected chi connectivity index (χ0v) is 18.1. The highest BCUT2D eigenvalue weighted by atomic mass is 19.4. The topological polar surface area (TPSA) is 75.7 Å². The molecule has 0 radical (unpaired) electrons. The summed E-state index contributed by atoms with van der Waals surface area (Å²) in [6.45, 7) is 1.89. The van der Waals surface area contributed by atoms with Crippen LogP contribution in [0, 0.1) is 0 Å². The lowest BCUT2D eigenvalue weighted by atomic mass is 10.1. The maximum Gasteiger partial charge on any atom is 0.573 e. The van der Waals surface area contributed by atoms with Gasteiger partial charge in [0.1, 0.15) is 11.4 Å². The smallest absolute Gasteiger partial charge is 0.435 e.